The van der Waals surface area contributed by atoms with Crippen LogP contribution >= 0.6 is 0 Å². The molecule has 0 bridgehead atoms. The Labute approximate surface area is 140 Å². The van der Waals surface area contributed by atoms with Crippen LogP contribution in [0.3, 0.4) is 0 Å². The SMILES string of the molecule is O=C(NCC(c1ccco1)N1CCCCC1)C(F)(F)C1(O)CCC1. The Morgan fingerprint density at radius 2 is 2.04 bits per heavy atom. The van der Waals surface area contributed by atoms with Crippen LogP contribution in [0.4, 0.5) is 8.78 Å². The van der Waals surface area contributed by atoms with Crippen molar-refractivity contribution in [2.75, 3.05) is 19.6 Å². The van der Waals surface area contributed by atoms with Gasteiger partial charge >= 0.3 is 5.92 Å². The number of halogens is 2. The van der Waals surface area contributed by atoms with E-state index in [0.717, 1.165) is 32.4 Å². The fourth-order valence-electron chi connectivity index (χ4n) is 3.46. The van der Waals surface area contributed by atoms with Gasteiger partial charge in [0.2, 0.25) is 0 Å². The van der Waals surface area contributed by atoms with Crippen molar-refractivity contribution in [3.8, 4) is 0 Å². The van der Waals surface area contributed by atoms with E-state index in [9.17, 15) is 18.7 Å². The Morgan fingerprint density at radius 3 is 2.58 bits per heavy atom. The van der Waals surface area contributed by atoms with E-state index in [0.29, 0.717) is 12.2 Å². The molecule has 0 spiro atoms. The minimum atomic E-state index is -3.76. The molecule has 1 atom stereocenters. The molecule has 1 saturated carbocycles. The minimum Gasteiger partial charge on any atom is -0.468 e. The first kappa shape index (κ1) is 17.4. The van der Waals surface area contributed by atoms with E-state index >= 15 is 0 Å². The van der Waals surface area contributed by atoms with Crippen LogP contribution in [0.25, 0.3) is 0 Å². The van der Waals surface area contributed by atoms with Gasteiger partial charge in [-0.1, -0.05) is 6.42 Å². The number of hydrogen-bond donors (Lipinski definition) is 2. The van der Waals surface area contributed by atoms with Crippen LogP contribution < -0.4 is 5.32 Å². The number of nitrogens with one attached hydrogen (secondary N) is 1. The Kier molecular flexibility index (Phi) is 4.92. The molecule has 1 unspecified atom stereocenters. The largest absolute Gasteiger partial charge is 0.468 e. The molecule has 2 N–H and O–H groups in total. The van der Waals surface area contributed by atoms with Gasteiger partial charge in [0.15, 0.2) is 0 Å². The molecule has 134 valence electrons. The summed E-state index contributed by atoms with van der Waals surface area (Å²) >= 11 is 0. The third-order valence-electron chi connectivity index (χ3n) is 5.21. The van der Waals surface area contributed by atoms with Crippen molar-refractivity contribution in [1.29, 1.82) is 0 Å². The molecular formula is C17H24F2N2O3. The molecule has 1 aliphatic heterocycles. The standard InChI is InChI=1S/C17H24F2N2O3/c18-17(19,16(23)7-5-8-16)15(22)20-12-13(14-6-4-11-24-14)21-9-2-1-3-10-21/h4,6,11,13,23H,1-3,5,7-10,12H2,(H,20,22). The second-order valence-electron chi connectivity index (χ2n) is 6.80. The Hall–Kier alpha value is -1.47. The minimum absolute atomic E-state index is 0.0397. The van der Waals surface area contributed by atoms with Gasteiger partial charge in [-0.25, -0.2) is 0 Å². The van der Waals surface area contributed by atoms with Crippen molar-refractivity contribution >= 4 is 5.91 Å². The lowest BCUT2D eigenvalue weighted by atomic mass is 9.75. The predicted octanol–water partition coefficient (Wildman–Crippen LogP) is 2.47. The molecule has 1 aromatic heterocycles. The highest BCUT2D eigenvalue weighted by Gasteiger charge is 2.61. The number of alkyl halides is 2. The molecule has 1 saturated heterocycles. The highest BCUT2D eigenvalue weighted by molar-refractivity contribution is 5.85. The summed E-state index contributed by atoms with van der Waals surface area (Å²) in [7, 11) is 0. The fraction of sp³-hybridized carbons (Fsp3) is 0.706. The molecule has 2 aliphatic rings. The molecule has 5 nitrogen and oxygen atoms in total. The molecule has 24 heavy (non-hydrogen) atoms. The summed E-state index contributed by atoms with van der Waals surface area (Å²) in [4.78, 5) is 14.1. The van der Waals surface area contributed by atoms with Gasteiger partial charge in [-0.2, -0.15) is 8.78 Å². The molecule has 3 rings (SSSR count). The van der Waals surface area contributed by atoms with Crippen molar-refractivity contribution in [1.82, 2.24) is 10.2 Å². The van der Waals surface area contributed by atoms with Gasteiger partial charge in [0.1, 0.15) is 11.4 Å². The van der Waals surface area contributed by atoms with Crippen LogP contribution in [-0.4, -0.2) is 47.1 Å². The number of carbonyl (C=O) groups is 1. The van der Waals surface area contributed by atoms with Crippen LogP contribution in [0.15, 0.2) is 22.8 Å². The van der Waals surface area contributed by atoms with Crippen molar-refractivity contribution in [2.45, 2.75) is 56.1 Å². The maximum Gasteiger partial charge on any atom is 0.352 e. The van der Waals surface area contributed by atoms with Gasteiger partial charge in [0.25, 0.3) is 5.91 Å². The zero-order valence-electron chi connectivity index (χ0n) is 13.6. The third-order valence-corrected chi connectivity index (χ3v) is 5.21. The number of carbonyl (C=O) groups excluding carboxylic acids is 1. The molecule has 1 amide bonds. The Morgan fingerprint density at radius 1 is 1.33 bits per heavy atom. The number of nitrogens with zero attached hydrogens (tertiary/aromatic N) is 1. The van der Waals surface area contributed by atoms with Crippen molar-refractivity contribution in [3.05, 3.63) is 24.2 Å². The third kappa shape index (κ3) is 3.19. The average Bonchev–Trinajstić information content (AvgIpc) is 3.07. The number of amides is 1. The molecular weight excluding hydrogens is 318 g/mol. The van der Waals surface area contributed by atoms with E-state index in [-0.39, 0.29) is 25.4 Å². The van der Waals surface area contributed by atoms with Crippen LogP contribution in [-0.2, 0) is 4.79 Å². The molecule has 1 aliphatic carbocycles. The average molecular weight is 342 g/mol. The van der Waals surface area contributed by atoms with E-state index < -0.39 is 17.4 Å². The maximum atomic E-state index is 14.2. The van der Waals surface area contributed by atoms with E-state index in [4.69, 9.17) is 4.42 Å². The van der Waals surface area contributed by atoms with Gasteiger partial charge in [-0.3, -0.25) is 9.69 Å². The quantitative estimate of drug-likeness (QED) is 0.834. The summed E-state index contributed by atoms with van der Waals surface area (Å²) in [6.45, 7) is 1.74. The number of piperidine rings is 1. The number of aliphatic hydroxyl groups is 1. The van der Waals surface area contributed by atoms with Gasteiger partial charge in [0, 0.05) is 6.54 Å². The highest BCUT2D eigenvalue weighted by atomic mass is 19.3. The lowest BCUT2D eigenvalue weighted by Gasteiger charge is -2.41. The molecule has 7 heteroatoms. The topological polar surface area (TPSA) is 65.7 Å². The lowest BCUT2D eigenvalue weighted by molar-refractivity contribution is -0.216. The normalized spacial score (nSPS) is 22.6. The monoisotopic (exact) mass is 342 g/mol. The van der Waals surface area contributed by atoms with Crippen LogP contribution in [0.1, 0.15) is 50.3 Å². The number of rotatable bonds is 6. The van der Waals surface area contributed by atoms with Crippen LogP contribution in [0.5, 0.6) is 0 Å². The van der Waals surface area contributed by atoms with Crippen molar-refractivity contribution < 1.29 is 23.1 Å². The second kappa shape index (κ2) is 6.80. The van der Waals surface area contributed by atoms with E-state index in [1.807, 2.05) is 0 Å². The molecule has 2 heterocycles. The van der Waals surface area contributed by atoms with E-state index in [1.165, 1.54) is 0 Å². The second-order valence-corrected chi connectivity index (χ2v) is 6.80. The first-order valence-electron chi connectivity index (χ1n) is 8.60. The highest BCUT2D eigenvalue weighted by Crippen LogP contribution is 2.44. The summed E-state index contributed by atoms with van der Waals surface area (Å²) in [5, 5.41) is 12.2. The molecule has 2 fully saturated rings. The summed E-state index contributed by atoms with van der Waals surface area (Å²) in [5.41, 5.74) is -2.19. The maximum absolute atomic E-state index is 14.2. The summed E-state index contributed by atoms with van der Waals surface area (Å²) in [6.07, 6.45) is 5.21. The predicted molar refractivity (Wildman–Crippen MR) is 83.6 cm³/mol. The Bertz CT molecular complexity index is 552. The van der Waals surface area contributed by atoms with Crippen molar-refractivity contribution in [2.24, 2.45) is 0 Å². The molecule has 0 radical (unpaired) electrons. The zero-order valence-corrected chi connectivity index (χ0v) is 13.6. The van der Waals surface area contributed by atoms with Gasteiger partial charge < -0.3 is 14.8 Å². The van der Waals surface area contributed by atoms with Gasteiger partial charge in [-0.05, 0) is 57.3 Å². The fourth-order valence-corrected chi connectivity index (χ4v) is 3.46. The first-order chi connectivity index (χ1) is 11.4. The molecule has 0 aromatic carbocycles. The number of furan rings is 1. The lowest BCUT2D eigenvalue weighted by Crippen LogP contribution is -2.61. The summed E-state index contributed by atoms with van der Waals surface area (Å²) in [6, 6.07) is 3.28. The van der Waals surface area contributed by atoms with Gasteiger partial charge in [-0.15, -0.1) is 0 Å². The molecule has 1 aromatic rings. The van der Waals surface area contributed by atoms with Crippen LogP contribution in [0.2, 0.25) is 0 Å². The van der Waals surface area contributed by atoms with Gasteiger partial charge in [0.05, 0.1) is 12.3 Å². The number of likely N-dealkylation sites (tertiary alicyclic amines) is 1. The smallest absolute Gasteiger partial charge is 0.352 e. The first-order valence-corrected chi connectivity index (χ1v) is 8.60. The van der Waals surface area contributed by atoms with Crippen molar-refractivity contribution in [3.63, 3.8) is 0 Å². The van der Waals surface area contributed by atoms with Crippen LogP contribution in [0, 0.1) is 0 Å². The number of hydrogen-bond acceptors (Lipinski definition) is 4. The van der Waals surface area contributed by atoms with E-state index in [2.05, 4.69) is 10.2 Å². The summed E-state index contributed by atoms with van der Waals surface area (Å²) < 4.78 is 33.8. The van der Waals surface area contributed by atoms with E-state index in [1.54, 1.807) is 18.4 Å². The summed E-state index contributed by atoms with van der Waals surface area (Å²) in [5.74, 6) is -4.51. The zero-order chi connectivity index (χ0) is 17.2. The Balaban J connectivity index is 1.66.